The third-order valence-corrected chi connectivity index (χ3v) is 8.41. The fourth-order valence-electron chi connectivity index (χ4n) is 6.70. The van der Waals surface area contributed by atoms with Crippen LogP contribution in [0.4, 0.5) is 0 Å². The van der Waals surface area contributed by atoms with Gasteiger partial charge in [0.1, 0.15) is 5.57 Å². The number of nitrogens with zero attached hydrogens (tertiary/aromatic N) is 2. The van der Waals surface area contributed by atoms with E-state index in [1.165, 1.54) is 0 Å². The molecule has 3 atom stereocenters. The van der Waals surface area contributed by atoms with Crippen LogP contribution in [0.3, 0.4) is 0 Å². The summed E-state index contributed by atoms with van der Waals surface area (Å²) in [7, 11) is 0. The molecule has 2 saturated heterocycles. The summed E-state index contributed by atoms with van der Waals surface area (Å²) in [5.74, 6) is -10.5. The lowest BCUT2D eigenvalue weighted by Crippen LogP contribution is -2.69. The molecule has 3 unspecified atom stereocenters. The molecule has 5 aliphatic rings. The van der Waals surface area contributed by atoms with Gasteiger partial charge in [0.15, 0.2) is 11.0 Å². The molecule has 0 aromatic rings. The first-order valence-electron chi connectivity index (χ1n) is 12.5. The van der Waals surface area contributed by atoms with E-state index in [0.717, 1.165) is 0 Å². The van der Waals surface area contributed by atoms with E-state index < -0.39 is 70.8 Å². The Bertz CT molecular complexity index is 1500. The quantitative estimate of drug-likeness (QED) is 0.188. The van der Waals surface area contributed by atoms with Crippen LogP contribution in [0.5, 0.6) is 0 Å². The van der Waals surface area contributed by atoms with Crippen LogP contribution < -0.4 is 10.6 Å². The maximum absolute atomic E-state index is 13.0. The number of carbonyl (C=O) groups is 6. The average molecular weight is 572 g/mol. The first-order chi connectivity index (χ1) is 19.3. The number of nitrogens with one attached hydrogen (secondary N) is 2. The third-order valence-electron chi connectivity index (χ3n) is 8.41. The smallest absolute Gasteiger partial charge is 0.339 e. The van der Waals surface area contributed by atoms with Crippen LogP contribution in [0.1, 0.15) is 44.9 Å². The lowest BCUT2D eigenvalue weighted by molar-refractivity contribution is -0.178. The van der Waals surface area contributed by atoms with Gasteiger partial charge in [0.25, 0.3) is 0 Å². The van der Waals surface area contributed by atoms with Gasteiger partial charge in [0.2, 0.25) is 0 Å². The molecule has 5 aliphatic heterocycles. The van der Waals surface area contributed by atoms with Gasteiger partial charge in [-0.2, -0.15) is 0 Å². The second-order valence-corrected chi connectivity index (χ2v) is 10.3. The summed E-state index contributed by atoms with van der Waals surface area (Å²) in [5.41, 5.74) is -7.34. The number of hydrogen-bond acceptors (Lipinski definition) is 10. The Morgan fingerprint density at radius 3 is 1.80 bits per heavy atom. The van der Waals surface area contributed by atoms with Crippen LogP contribution in [0, 0.1) is 5.41 Å². The van der Waals surface area contributed by atoms with Crippen molar-refractivity contribution in [3.05, 3.63) is 33.8 Å². The van der Waals surface area contributed by atoms with Crippen LogP contribution in [0.25, 0.3) is 0 Å². The number of fused-ring (bicyclic) bond motifs is 7. The Hall–Kier alpha value is -4.86. The maximum Gasteiger partial charge on any atom is 0.339 e. The number of carboxylic acids is 6. The lowest BCUT2D eigenvalue weighted by Gasteiger charge is -2.39. The van der Waals surface area contributed by atoms with Gasteiger partial charge in [-0.1, -0.05) is 0 Å². The zero-order chi connectivity index (χ0) is 30.0. The molecular weight excluding hydrogens is 548 g/mol. The summed E-state index contributed by atoms with van der Waals surface area (Å²) in [4.78, 5) is 84.1. The summed E-state index contributed by atoms with van der Waals surface area (Å²) >= 11 is 0. The van der Waals surface area contributed by atoms with E-state index in [1.54, 1.807) is 0 Å². The summed E-state index contributed by atoms with van der Waals surface area (Å²) in [6, 6.07) is -3.29. The van der Waals surface area contributed by atoms with Crippen molar-refractivity contribution in [1.29, 1.82) is 0 Å². The van der Waals surface area contributed by atoms with E-state index >= 15 is 0 Å². The zero-order valence-corrected chi connectivity index (χ0v) is 21.1. The van der Waals surface area contributed by atoms with E-state index in [0.29, 0.717) is 0 Å². The first-order valence-corrected chi connectivity index (χ1v) is 12.5. The van der Waals surface area contributed by atoms with Crippen LogP contribution in [-0.2, 0) is 28.8 Å². The highest BCUT2D eigenvalue weighted by atomic mass is 16.4. The second kappa shape index (κ2) is 9.36. The van der Waals surface area contributed by atoms with Gasteiger partial charge >= 0.3 is 35.8 Å². The highest BCUT2D eigenvalue weighted by Gasteiger charge is 2.75. The number of hydrogen-bond donors (Lipinski definition) is 8. The molecule has 16 heteroatoms. The molecule has 2 fully saturated rings. The van der Waals surface area contributed by atoms with Gasteiger partial charge in [-0.3, -0.25) is 29.7 Å². The van der Waals surface area contributed by atoms with Gasteiger partial charge < -0.3 is 36.0 Å². The van der Waals surface area contributed by atoms with Gasteiger partial charge in [-0.25, -0.2) is 14.4 Å². The molecule has 0 aromatic heterocycles. The van der Waals surface area contributed by atoms with Crippen LogP contribution in [0.15, 0.2) is 43.8 Å². The Labute approximate surface area is 229 Å². The predicted octanol–water partition coefficient (Wildman–Crippen LogP) is -0.421. The van der Waals surface area contributed by atoms with Crippen molar-refractivity contribution in [1.82, 2.24) is 10.6 Å². The number of carboxylic acid groups (broad SMARTS) is 6. The summed E-state index contributed by atoms with van der Waals surface area (Å²) < 4.78 is 0. The minimum absolute atomic E-state index is 0.0224. The summed E-state index contributed by atoms with van der Waals surface area (Å²) in [6.07, 6.45) is -1.47. The van der Waals surface area contributed by atoms with Crippen molar-refractivity contribution in [3.63, 3.8) is 0 Å². The first kappa shape index (κ1) is 27.7. The Morgan fingerprint density at radius 1 is 0.707 bits per heavy atom. The molecule has 216 valence electrons. The van der Waals surface area contributed by atoms with Crippen molar-refractivity contribution in [3.8, 4) is 0 Å². The third kappa shape index (κ3) is 3.77. The van der Waals surface area contributed by atoms with Crippen molar-refractivity contribution in [2.75, 3.05) is 0 Å². The minimum atomic E-state index is -3.13. The molecule has 5 rings (SSSR count). The monoisotopic (exact) mass is 572 g/mol. The van der Waals surface area contributed by atoms with E-state index in [1.807, 2.05) is 0 Å². The SMILES string of the molecule is O=C(O)C1=C2CCC(=C(C(=O)O)C3=NC(CC3)C3(C(=O)O)NC(CC3(C(=O)O)C(=O)O)C(C(=O)O)=C3CCC1=N3)N2. The number of aliphatic carboxylic acids is 6. The molecule has 16 nitrogen and oxygen atoms in total. The van der Waals surface area contributed by atoms with Crippen LogP contribution >= 0.6 is 0 Å². The molecule has 0 saturated carbocycles. The molecule has 0 radical (unpaired) electrons. The van der Waals surface area contributed by atoms with Crippen LogP contribution in [0.2, 0.25) is 0 Å². The molecular formula is C25H24N4O12. The highest BCUT2D eigenvalue weighted by molar-refractivity contribution is 6.22. The largest absolute Gasteiger partial charge is 0.480 e. The molecule has 0 aliphatic carbocycles. The van der Waals surface area contributed by atoms with Crippen LogP contribution in [-0.4, -0.2) is 95.5 Å². The van der Waals surface area contributed by atoms with Gasteiger partial charge in [0, 0.05) is 17.4 Å². The summed E-state index contributed by atoms with van der Waals surface area (Å²) in [6.45, 7) is 0. The molecule has 0 spiro atoms. The lowest BCUT2D eigenvalue weighted by atomic mass is 9.65. The van der Waals surface area contributed by atoms with E-state index in [-0.39, 0.29) is 78.2 Å². The molecule has 0 amide bonds. The van der Waals surface area contributed by atoms with E-state index in [9.17, 15) is 59.4 Å². The molecule has 5 heterocycles. The predicted molar refractivity (Wildman–Crippen MR) is 133 cm³/mol. The summed E-state index contributed by atoms with van der Waals surface area (Å²) in [5, 5.41) is 66.5. The average Bonchev–Trinajstić information content (AvgIpc) is 3.65. The highest BCUT2D eigenvalue weighted by Crippen LogP contribution is 2.51. The topological polar surface area (TPSA) is 273 Å². The second-order valence-electron chi connectivity index (χ2n) is 10.3. The minimum Gasteiger partial charge on any atom is -0.480 e. The fourth-order valence-corrected chi connectivity index (χ4v) is 6.70. The van der Waals surface area contributed by atoms with E-state index in [2.05, 4.69) is 20.6 Å². The normalized spacial score (nSPS) is 28.4. The zero-order valence-electron chi connectivity index (χ0n) is 21.1. The van der Waals surface area contributed by atoms with E-state index in [4.69, 9.17) is 0 Å². The Morgan fingerprint density at radius 2 is 1.29 bits per heavy atom. The molecule has 0 aromatic carbocycles. The van der Waals surface area contributed by atoms with Crippen molar-refractivity contribution in [2.24, 2.45) is 15.4 Å². The molecule has 41 heavy (non-hydrogen) atoms. The Balaban J connectivity index is 1.88. The molecule has 8 N–H and O–H groups in total. The van der Waals surface area contributed by atoms with Gasteiger partial charge in [-0.15, -0.1) is 0 Å². The number of aliphatic imine (C=N–C) groups is 2. The number of allylic oxidation sites excluding steroid dienone is 3. The van der Waals surface area contributed by atoms with Gasteiger partial charge in [0.05, 0.1) is 34.3 Å². The number of rotatable bonds is 6. The van der Waals surface area contributed by atoms with Crippen molar-refractivity contribution in [2.45, 2.75) is 62.6 Å². The molecule has 8 bridgehead atoms. The maximum atomic E-state index is 13.0. The Kier molecular flexibility index (Phi) is 6.32. The van der Waals surface area contributed by atoms with Crippen molar-refractivity contribution >= 4 is 47.2 Å². The van der Waals surface area contributed by atoms with Gasteiger partial charge in [-0.05, 0) is 44.9 Å². The fraction of sp³-hybridized carbons (Fsp3) is 0.440. The standard InChI is InChI=1S/C25H24N4O12/c30-18(31)15-8-1-2-10(26-8)16(19(32)33)12-5-6-14(28-12)25(23(40)41)24(21(36)37,22(38)39)7-13(29-25)17(20(34)35)11-4-3-9(15)27-11/h13-14,26,29H,1-7H2,(H,30,31)(H,32,33)(H,34,35)(H,36,37)(H,38,39)(H,40,41). The van der Waals surface area contributed by atoms with Crippen molar-refractivity contribution < 1.29 is 59.4 Å².